The highest BCUT2D eigenvalue weighted by Gasteiger charge is 2.07. The molecule has 2 rings (SSSR count). The van der Waals surface area contributed by atoms with Crippen molar-refractivity contribution in [3.63, 3.8) is 0 Å². The van der Waals surface area contributed by atoms with Gasteiger partial charge in [0, 0.05) is 0 Å². The van der Waals surface area contributed by atoms with Crippen molar-refractivity contribution in [3.8, 4) is 5.75 Å². The van der Waals surface area contributed by atoms with Crippen molar-refractivity contribution in [3.05, 3.63) is 58.6 Å². The molecule has 120 valence electrons. The molecule has 23 heavy (non-hydrogen) atoms. The number of hydrogen-bond acceptors (Lipinski definition) is 4. The van der Waals surface area contributed by atoms with Gasteiger partial charge in [0.25, 0.3) is 0 Å². The summed E-state index contributed by atoms with van der Waals surface area (Å²) in [5, 5.41) is 13.7. The van der Waals surface area contributed by atoms with Crippen molar-refractivity contribution in [1.29, 1.82) is 0 Å². The van der Waals surface area contributed by atoms with Crippen molar-refractivity contribution >= 4 is 29.5 Å². The van der Waals surface area contributed by atoms with Crippen molar-refractivity contribution < 1.29 is 14.6 Å². The number of aromatic carboxylic acids is 1. The lowest BCUT2D eigenvalue weighted by atomic mass is 10.2. The Morgan fingerprint density at radius 2 is 2.13 bits per heavy atom. The van der Waals surface area contributed by atoms with Crippen LogP contribution in [0.1, 0.15) is 29.3 Å². The normalized spacial score (nSPS) is 10.7. The van der Waals surface area contributed by atoms with E-state index in [0.717, 1.165) is 12.0 Å². The van der Waals surface area contributed by atoms with Crippen molar-refractivity contribution in [1.82, 2.24) is 0 Å². The Morgan fingerprint density at radius 1 is 1.35 bits per heavy atom. The minimum Gasteiger partial charge on any atom is -0.492 e. The molecule has 2 aromatic rings. The Balaban J connectivity index is 2.06. The van der Waals surface area contributed by atoms with Gasteiger partial charge in [0.15, 0.2) is 0 Å². The van der Waals surface area contributed by atoms with Crippen LogP contribution in [-0.4, -0.2) is 23.9 Å². The van der Waals surface area contributed by atoms with E-state index in [9.17, 15) is 4.79 Å². The Hall–Kier alpha value is -2.53. The fourth-order valence-corrected chi connectivity index (χ4v) is 2.11. The predicted molar refractivity (Wildman–Crippen MR) is 91.9 cm³/mol. The third kappa shape index (κ3) is 4.72. The third-order valence-electron chi connectivity index (χ3n) is 2.97. The summed E-state index contributed by atoms with van der Waals surface area (Å²) in [4.78, 5) is 11.1. The number of benzene rings is 2. The fraction of sp³-hybridized carbons (Fsp3) is 0.176. The number of carboxylic acids is 1. The summed E-state index contributed by atoms with van der Waals surface area (Å²) in [7, 11) is 0. The first-order chi connectivity index (χ1) is 11.1. The van der Waals surface area contributed by atoms with E-state index >= 15 is 0 Å². The summed E-state index contributed by atoms with van der Waals surface area (Å²) in [6, 6.07) is 11.9. The van der Waals surface area contributed by atoms with Crippen LogP contribution in [0.4, 0.5) is 5.69 Å². The Morgan fingerprint density at radius 3 is 2.83 bits per heavy atom. The number of carboxylic acid groups (broad SMARTS) is 1. The number of nitrogens with one attached hydrogen (secondary N) is 1. The average molecular weight is 333 g/mol. The Labute approximate surface area is 139 Å². The summed E-state index contributed by atoms with van der Waals surface area (Å²) in [5.74, 6) is -0.376. The second-order valence-electron chi connectivity index (χ2n) is 4.76. The van der Waals surface area contributed by atoms with Gasteiger partial charge in [0.2, 0.25) is 0 Å². The number of nitrogens with zero attached hydrogens (tertiary/aromatic N) is 1. The van der Waals surface area contributed by atoms with Gasteiger partial charge in [-0.25, -0.2) is 4.79 Å². The topological polar surface area (TPSA) is 70.9 Å². The summed E-state index contributed by atoms with van der Waals surface area (Å²) in [6.45, 7) is 2.64. The van der Waals surface area contributed by atoms with Gasteiger partial charge < -0.3 is 9.84 Å². The average Bonchev–Trinajstić information content (AvgIpc) is 2.54. The molecule has 0 fully saturated rings. The molecule has 2 N–H and O–H groups in total. The van der Waals surface area contributed by atoms with Crippen LogP contribution >= 0.6 is 11.6 Å². The molecule has 0 unspecified atom stereocenters. The van der Waals surface area contributed by atoms with Gasteiger partial charge in [0.05, 0.1) is 29.1 Å². The predicted octanol–water partition coefficient (Wildman–Crippen LogP) is 4.27. The van der Waals surface area contributed by atoms with Crippen molar-refractivity contribution in [2.45, 2.75) is 13.3 Å². The number of hydrogen-bond donors (Lipinski definition) is 2. The maximum Gasteiger partial charge on any atom is 0.337 e. The van der Waals surface area contributed by atoms with E-state index < -0.39 is 5.97 Å². The van der Waals surface area contributed by atoms with Crippen LogP contribution in [0.25, 0.3) is 0 Å². The summed E-state index contributed by atoms with van der Waals surface area (Å²) < 4.78 is 5.50. The first-order valence-electron chi connectivity index (χ1n) is 7.15. The van der Waals surface area contributed by atoms with Gasteiger partial charge in [0.1, 0.15) is 5.75 Å². The lowest BCUT2D eigenvalue weighted by Gasteiger charge is -2.07. The molecule has 0 aliphatic rings. The molecule has 6 heteroatoms. The first-order valence-corrected chi connectivity index (χ1v) is 7.53. The van der Waals surface area contributed by atoms with Crippen LogP contribution in [0, 0.1) is 0 Å². The molecule has 0 saturated heterocycles. The zero-order valence-electron chi connectivity index (χ0n) is 12.6. The van der Waals surface area contributed by atoms with E-state index in [-0.39, 0.29) is 5.56 Å². The van der Waals surface area contributed by atoms with E-state index in [1.54, 1.807) is 36.5 Å². The maximum atomic E-state index is 11.1. The number of anilines is 1. The van der Waals surface area contributed by atoms with Crippen molar-refractivity contribution in [2.75, 3.05) is 12.0 Å². The maximum absolute atomic E-state index is 11.1. The molecule has 0 saturated carbocycles. The van der Waals surface area contributed by atoms with Gasteiger partial charge >= 0.3 is 5.97 Å². The second kappa shape index (κ2) is 8.19. The molecular formula is C17H17ClN2O3. The van der Waals surface area contributed by atoms with Gasteiger partial charge in [-0.1, -0.05) is 30.7 Å². The van der Waals surface area contributed by atoms with Gasteiger partial charge in [-0.3, -0.25) is 5.43 Å². The molecule has 0 atom stereocenters. The molecule has 0 aliphatic carbocycles. The van der Waals surface area contributed by atoms with Crippen LogP contribution in [0.2, 0.25) is 5.02 Å². The lowest BCUT2D eigenvalue weighted by molar-refractivity contribution is 0.0698. The molecule has 0 spiro atoms. The highest BCUT2D eigenvalue weighted by molar-refractivity contribution is 6.32. The lowest BCUT2D eigenvalue weighted by Crippen LogP contribution is -2.02. The first kappa shape index (κ1) is 16.8. The van der Waals surface area contributed by atoms with E-state index in [1.165, 1.54) is 6.07 Å². The minimum atomic E-state index is -1.01. The number of hydrazone groups is 1. The molecule has 0 radical (unpaired) electrons. The zero-order chi connectivity index (χ0) is 16.7. The van der Waals surface area contributed by atoms with Crippen LogP contribution < -0.4 is 10.2 Å². The summed E-state index contributed by atoms with van der Waals surface area (Å²) >= 11 is 6.14. The van der Waals surface area contributed by atoms with Gasteiger partial charge in [-0.05, 0) is 42.3 Å². The van der Waals surface area contributed by atoms with E-state index in [1.807, 2.05) is 13.0 Å². The van der Waals surface area contributed by atoms with Gasteiger partial charge in [-0.15, -0.1) is 0 Å². The quantitative estimate of drug-likeness (QED) is 0.586. The largest absolute Gasteiger partial charge is 0.492 e. The van der Waals surface area contributed by atoms with E-state index in [2.05, 4.69) is 10.5 Å². The van der Waals surface area contributed by atoms with E-state index in [4.69, 9.17) is 21.4 Å². The number of rotatable bonds is 7. The summed E-state index contributed by atoms with van der Waals surface area (Å²) in [6.07, 6.45) is 2.47. The zero-order valence-corrected chi connectivity index (χ0v) is 13.4. The Kier molecular flexibility index (Phi) is 6.00. The van der Waals surface area contributed by atoms with Crippen LogP contribution in [0.15, 0.2) is 47.6 Å². The summed E-state index contributed by atoms with van der Waals surface area (Å²) in [5.41, 5.74) is 4.08. The monoisotopic (exact) mass is 332 g/mol. The highest BCUT2D eigenvalue weighted by Crippen LogP contribution is 2.25. The molecule has 0 amide bonds. The fourth-order valence-electron chi connectivity index (χ4n) is 1.87. The number of ether oxygens (including phenoxy) is 1. The smallest absolute Gasteiger partial charge is 0.337 e. The molecule has 5 nitrogen and oxygen atoms in total. The molecule has 2 aromatic carbocycles. The second-order valence-corrected chi connectivity index (χ2v) is 5.17. The molecule has 0 bridgehead atoms. The SMILES string of the molecule is CCCOc1ccc(C=NNc2ccccc2C(=O)O)cc1Cl. The molecule has 0 aliphatic heterocycles. The highest BCUT2D eigenvalue weighted by atomic mass is 35.5. The molecular weight excluding hydrogens is 316 g/mol. The number of carbonyl (C=O) groups is 1. The molecule has 0 aromatic heterocycles. The minimum absolute atomic E-state index is 0.158. The van der Waals surface area contributed by atoms with Gasteiger partial charge in [-0.2, -0.15) is 5.10 Å². The van der Waals surface area contributed by atoms with E-state index in [0.29, 0.717) is 23.1 Å². The van der Waals surface area contributed by atoms with Crippen LogP contribution in [-0.2, 0) is 0 Å². The van der Waals surface area contributed by atoms with Crippen LogP contribution in [0.3, 0.4) is 0 Å². The standard InChI is InChI=1S/C17H17ClN2O3/c1-2-9-23-16-8-7-12(10-14(16)18)11-19-20-15-6-4-3-5-13(15)17(21)22/h3-8,10-11,20H,2,9H2,1H3,(H,21,22). The van der Waals surface area contributed by atoms with Crippen LogP contribution in [0.5, 0.6) is 5.75 Å². The number of para-hydroxylation sites is 1. The number of halogens is 1. The van der Waals surface area contributed by atoms with Crippen molar-refractivity contribution in [2.24, 2.45) is 5.10 Å². The molecule has 0 heterocycles. The Bertz CT molecular complexity index is 717. The third-order valence-corrected chi connectivity index (χ3v) is 3.27.